The van der Waals surface area contributed by atoms with E-state index in [1.165, 1.54) is 0 Å². The predicted molar refractivity (Wildman–Crippen MR) is 104 cm³/mol. The third-order valence-corrected chi connectivity index (χ3v) is 4.23. The van der Waals surface area contributed by atoms with Gasteiger partial charge in [-0.1, -0.05) is 12.1 Å². The van der Waals surface area contributed by atoms with E-state index in [2.05, 4.69) is 5.32 Å². The molecule has 0 fully saturated rings. The van der Waals surface area contributed by atoms with Gasteiger partial charge in [0.25, 0.3) is 5.91 Å². The Morgan fingerprint density at radius 3 is 2.56 bits per heavy atom. The van der Waals surface area contributed by atoms with Crippen LogP contribution in [0.25, 0.3) is 10.9 Å². The summed E-state index contributed by atoms with van der Waals surface area (Å²) in [7, 11) is 1.83. The van der Waals surface area contributed by atoms with Crippen molar-refractivity contribution in [1.82, 2.24) is 4.57 Å². The molecule has 1 aromatic heterocycles. The van der Waals surface area contributed by atoms with E-state index in [0.717, 1.165) is 16.7 Å². The summed E-state index contributed by atoms with van der Waals surface area (Å²) in [6, 6.07) is 14.3. The highest BCUT2D eigenvalue weighted by Gasteiger charge is 2.18. The van der Waals surface area contributed by atoms with Crippen molar-refractivity contribution in [2.75, 3.05) is 18.5 Å². The first kappa shape index (κ1) is 18.5. The number of aromatic nitrogens is 1. The molecule has 3 rings (SSSR count). The zero-order valence-corrected chi connectivity index (χ0v) is 15.6. The van der Waals surface area contributed by atoms with E-state index in [1.54, 1.807) is 37.3 Å². The average Bonchev–Trinajstić information content (AvgIpc) is 2.99. The molecule has 27 heavy (non-hydrogen) atoms. The van der Waals surface area contributed by atoms with Crippen LogP contribution in [0.15, 0.2) is 48.5 Å². The maximum Gasteiger partial charge on any atom is 0.340 e. The van der Waals surface area contributed by atoms with E-state index < -0.39 is 5.97 Å². The molecule has 0 aliphatic carbocycles. The van der Waals surface area contributed by atoms with Gasteiger partial charge >= 0.3 is 5.97 Å². The SMILES string of the molecule is CCOC(=O)c1ccccc1NC(=O)c1cc2cc(OCC)ccc2n1C. The molecule has 0 bridgehead atoms. The van der Waals surface area contributed by atoms with Crippen molar-refractivity contribution in [2.45, 2.75) is 13.8 Å². The lowest BCUT2D eigenvalue weighted by atomic mass is 10.1. The molecular formula is C21H22N2O4. The molecular weight excluding hydrogens is 344 g/mol. The number of fused-ring (bicyclic) bond motifs is 1. The highest BCUT2D eigenvalue weighted by atomic mass is 16.5. The lowest BCUT2D eigenvalue weighted by molar-refractivity contribution is 0.0527. The van der Waals surface area contributed by atoms with Crippen molar-refractivity contribution < 1.29 is 19.1 Å². The molecule has 1 N–H and O–H groups in total. The molecule has 0 aliphatic heterocycles. The minimum atomic E-state index is -0.466. The van der Waals surface area contributed by atoms with Gasteiger partial charge in [0, 0.05) is 18.0 Å². The number of hydrogen-bond acceptors (Lipinski definition) is 4. The Morgan fingerprint density at radius 1 is 1.04 bits per heavy atom. The number of anilines is 1. The average molecular weight is 366 g/mol. The molecule has 6 heteroatoms. The van der Waals surface area contributed by atoms with Gasteiger partial charge in [-0.15, -0.1) is 0 Å². The summed E-state index contributed by atoms with van der Waals surface area (Å²) in [5, 5.41) is 3.73. The minimum Gasteiger partial charge on any atom is -0.494 e. The molecule has 2 aromatic carbocycles. The van der Waals surface area contributed by atoms with E-state index in [4.69, 9.17) is 9.47 Å². The van der Waals surface area contributed by atoms with Crippen LogP contribution in [0.2, 0.25) is 0 Å². The largest absolute Gasteiger partial charge is 0.494 e. The molecule has 3 aromatic rings. The lowest BCUT2D eigenvalue weighted by Gasteiger charge is -2.11. The van der Waals surface area contributed by atoms with Gasteiger partial charge in [0.15, 0.2) is 0 Å². The van der Waals surface area contributed by atoms with Gasteiger partial charge in [0.05, 0.1) is 24.5 Å². The third-order valence-electron chi connectivity index (χ3n) is 4.23. The van der Waals surface area contributed by atoms with Gasteiger partial charge in [-0.25, -0.2) is 4.79 Å². The van der Waals surface area contributed by atoms with Gasteiger partial charge in [0.1, 0.15) is 11.4 Å². The molecule has 0 radical (unpaired) electrons. The third kappa shape index (κ3) is 3.79. The number of carbonyl (C=O) groups excluding carboxylic acids is 2. The van der Waals surface area contributed by atoms with E-state index in [-0.39, 0.29) is 12.5 Å². The fourth-order valence-corrected chi connectivity index (χ4v) is 2.97. The summed E-state index contributed by atoms with van der Waals surface area (Å²) in [5.41, 5.74) is 2.14. The second kappa shape index (κ2) is 7.95. The molecule has 0 saturated heterocycles. The normalized spacial score (nSPS) is 10.6. The fourth-order valence-electron chi connectivity index (χ4n) is 2.97. The Bertz CT molecular complexity index is 991. The number of nitrogens with one attached hydrogen (secondary N) is 1. The smallest absolute Gasteiger partial charge is 0.340 e. The van der Waals surface area contributed by atoms with Crippen LogP contribution in [0.1, 0.15) is 34.7 Å². The second-order valence-corrected chi connectivity index (χ2v) is 5.96. The number of aryl methyl sites for hydroxylation is 1. The van der Waals surface area contributed by atoms with Crippen molar-refractivity contribution >= 4 is 28.5 Å². The Kier molecular flexibility index (Phi) is 5.45. The molecule has 140 valence electrons. The summed E-state index contributed by atoms with van der Waals surface area (Å²) in [6.07, 6.45) is 0. The summed E-state index contributed by atoms with van der Waals surface area (Å²) < 4.78 is 12.4. The molecule has 1 heterocycles. The number of hydrogen-bond donors (Lipinski definition) is 1. The summed E-state index contributed by atoms with van der Waals surface area (Å²) in [6.45, 7) is 4.52. The number of ether oxygens (including phenoxy) is 2. The van der Waals surface area contributed by atoms with Crippen LogP contribution in [0.3, 0.4) is 0 Å². The number of esters is 1. The first-order valence-corrected chi connectivity index (χ1v) is 8.85. The van der Waals surface area contributed by atoms with Crippen LogP contribution >= 0.6 is 0 Å². The number of nitrogens with zero attached hydrogens (tertiary/aromatic N) is 1. The Morgan fingerprint density at radius 2 is 1.81 bits per heavy atom. The molecule has 0 unspecified atom stereocenters. The van der Waals surface area contributed by atoms with Gasteiger partial charge in [-0.3, -0.25) is 4.79 Å². The summed E-state index contributed by atoms with van der Waals surface area (Å²) in [4.78, 5) is 24.9. The highest BCUT2D eigenvalue weighted by Crippen LogP contribution is 2.25. The minimum absolute atomic E-state index is 0.270. The first-order valence-electron chi connectivity index (χ1n) is 8.85. The fraction of sp³-hybridized carbons (Fsp3) is 0.238. The van der Waals surface area contributed by atoms with Crippen molar-refractivity contribution in [3.63, 3.8) is 0 Å². The molecule has 6 nitrogen and oxygen atoms in total. The standard InChI is InChI=1S/C21H22N2O4/c1-4-26-15-10-11-18-14(12-15)13-19(23(18)3)20(24)22-17-9-7-6-8-16(17)21(25)27-5-2/h6-13H,4-5H2,1-3H3,(H,22,24). The quantitative estimate of drug-likeness (QED) is 0.669. The Labute approximate surface area is 157 Å². The number of para-hydroxylation sites is 1. The van der Waals surface area contributed by atoms with Crippen LogP contribution in [0, 0.1) is 0 Å². The second-order valence-electron chi connectivity index (χ2n) is 5.96. The molecule has 0 spiro atoms. The Hall–Kier alpha value is -3.28. The van der Waals surface area contributed by atoms with Crippen molar-refractivity contribution in [2.24, 2.45) is 7.05 Å². The zero-order chi connectivity index (χ0) is 19.4. The van der Waals surface area contributed by atoms with Gasteiger partial charge < -0.3 is 19.4 Å². The van der Waals surface area contributed by atoms with Crippen LogP contribution in [-0.4, -0.2) is 29.7 Å². The van der Waals surface area contributed by atoms with Crippen LogP contribution in [0.5, 0.6) is 5.75 Å². The lowest BCUT2D eigenvalue weighted by Crippen LogP contribution is -2.18. The first-order chi connectivity index (χ1) is 13.0. The number of amides is 1. The molecule has 0 saturated carbocycles. The zero-order valence-electron chi connectivity index (χ0n) is 15.6. The van der Waals surface area contributed by atoms with E-state index in [9.17, 15) is 9.59 Å². The Balaban J connectivity index is 1.91. The summed E-state index contributed by atoms with van der Waals surface area (Å²) >= 11 is 0. The maximum absolute atomic E-state index is 12.8. The van der Waals surface area contributed by atoms with Gasteiger partial charge in [-0.2, -0.15) is 0 Å². The molecule has 0 aliphatic rings. The number of carbonyl (C=O) groups is 2. The van der Waals surface area contributed by atoms with E-state index in [0.29, 0.717) is 23.6 Å². The molecule has 1 amide bonds. The summed E-state index contributed by atoms with van der Waals surface area (Å²) in [5.74, 6) is -0.00887. The van der Waals surface area contributed by atoms with Crippen molar-refractivity contribution in [3.8, 4) is 5.75 Å². The van der Waals surface area contributed by atoms with E-state index >= 15 is 0 Å². The molecule has 0 atom stereocenters. The predicted octanol–water partition coefficient (Wildman–Crippen LogP) is 4.01. The van der Waals surface area contributed by atoms with Crippen LogP contribution in [0.4, 0.5) is 5.69 Å². The maximum atomic E-state index is 12.8. The van der Waals surface area contributed by atoms with E-state index in [1.807, 2.05) is 36.7 Å². The highest BCUT2D eigenvalue weighted by molar-refractivity contribution is 6.09. The number of rotatable bonds is 6. The van der Waals surface area contributed by atoms with Crippen molar-refractivity contribution in [3.05, 3.63) is 59.8 Å². The monoisotopic (exact) mass is 366 g/mol. The van der Waals surface area contributed by atoms with Gasteiger partial charge in [0.2, 0.25) is 0 Å². The number of benzene rings is 2. The van der Waals surface area contributed by atoms with Crippen LogP contribution < -0.4 is 10.1 Å². The van der Waals surface area contributed by atoms with Crippen LogP contribution in [-0.2, 0) is 11.8 Å². The topological polar surface area (TPSA) is 69.6 Å². The van der Waals surface area contributed by atoms with Crippen molar-refractivity contribution in [1.29, 1.82) is 0 Å². The van der Waals surface area contributed by atoms with Gasteiger partial charge in [-0.05, 0) is 50.2 Å².